The highest BCUT2D eigenvalue weighted by Crippen LogP contribution is 2.37. The number of carbonyl (C=O) groups is 4. The van der Waals surface area contributed by atoms with E-state index in [9.17, 15) is 29.3 Å². The number of halogens is 2. The van der Waals surface area contributed by atoms with Crippen molar-refractivity contribution >= 4 is 52.6 Å². The summed E-state index contributed by atoms with van der Waals surface area (Å²) in [6, 6.07) is 15.5. The number of esters is 1. The van der Waals surface area contributed by atoms with E-state index in [1.165, 1.54) is 51.6 Å². The molecule has 0 saturated heterocycles. The summed E-state index contributed by atoms with van der Waals surface area (Å²) in [5.74, 6) is -2.21. The lowest BCUT2D eigenvalue weighted by Crippen LogP contribution is -2.53. The molecule has 2 aliphatic heterocycles. The first kappa shape index (κ1) is 38.4. The molecule has 0 aliphatic carbocycles. The first-order chi connectivity index (χ1) is 25.3. The molecule has 3 atom stereocenters. The summed E-state index contributed by atoms with van der Waals surface area (Å²) in [7, 11) is 5.33. The smallest absolute Gasteiger partial charge is 0.333 e. The molecule has 53 heavy (non-hydrogen) atoms. The zero-order chi connectivity index (χ0) is 38.4. The Labute approximate surface area is 314 Å². The van der Waals surface area contributed by atoms with Crippen molar-refractivity contribution < 1.29 is 43.0 Å². The van der Waals surface area contributed by atoms with Crippen LogP contribution in [-0.2, 0) is 36.8 Å². The van der Waals surface area contributed by atoms with Crippen LogP contribution in [0.1, 0.15) is 34.3 Å². The molecule has 3 amide bonds. The molecule has 0 saturated carbocycles. The molecule has 6 rings (SSSR count). The molecule has 0 radical (unpaired) electrons. The van der Waals surface area contributed by atoms with Gasteiger partial charge in [0.15, 0.2) is 11.8 Å². The zero-order valence-corrected chi connectivity index (χ0v) is 30.4. The Morgan fingerprint density at radius 3 is 2.28 bits per heavy atom. The van der Waals surface area contributed by atoms with E-state index >= 15 is 0 Å². The second kappa shape index (κ2) is 16.7. The van der Waals surface area contributed by atoms with Gasteiger partial charge in [-0.1, -0.05) is 53.5 Å². The van der Waals surface area contributed by atoms with Gasteiger partial charge in [0.25, 0.3) is 0 Å². The SMILES string of the molecule is COC(=O)[C@@H](NC(=O)[C@@H]1Cc2ccc(c([N+](=O)[O-])c2)Oc2cccc(c2)CC(=O)N[C@H](c2cc(Cl)c(OC)c(Cl)c2)C(=O)N1C)c1ccc(OC)cc1. The van der Waals surface area contributed by atoms with Crippen molar-refractivity contribution in [2.45, 2.75) is 31.0 Å². The summed E-state index contributed by atoms with van der Waals surface area (Å²) in [6.45, 7) is 0. The standard InChI is InChI=1S/C37H34Cl2N4O10/c1-42-29(35(45)41-33(37(47)52-4)22-9-11-24(50-2)12-10-22)16-21-8-13-30(28(15-21)43(48)49)53-25-7-5-6-20(14-25)17-31(44)40-32(36(42)46)23-18-26(38)34(51-3)27(39)19-23/h5-15,18-19,29,32-33H,16-17H2,1-4H3,(H,40,44)(H,41,45)/t29-,32+,33-/m0/s1. The van der Waals surface area contributed by atoms with Gasteiger partial charge in [0, 0.05) is 19.5 Å². The number of methoxy groups -OCH3 is 3. The third kappa shape index (κ3) is 8.79. The number of hydrogen-bond acceptors (Lipinski definition) is 10. The number of nitro benzene ring substituents is 1. The van der Waals surface area contributed by atoms with E-state index in [2.05, 4.69) is 10.6 Å². The number of fused-ring (bicyclic) bond motifs is 9. The fraction of sp³-hybridized carbons (Fsp3) is 0.243. The van der Waals surface area contributed by atoms with E-state index < -0.39 is 52.4 Å². The minimum Gasteiger partial charge on any atom is -0.497 e. The van der Waals surface area contributed by atoms with E-state index in [-0.39, 0.29) is 51.3 Å². The predicted octanol–water partition coefficient (Wildman–Crippen LogP) is 5.52. The lowest BCUT2D eigenvalue weighted by Gasteiger charge is -2.32. The van der Waals surface area contributed by atoms with Crippen molar-refractivity contribution in [3.63, 3.8) is 0 Å². The number of ether oxygens (including phenoxy) is 4. The fourth-order valence-electron chi connectivity index (χ4n) is 5.81. The first-order valence-electron chi connectivity index (χ1n) is 16.0. The molecule has 0 aromatic heterocycles. The van der Waals surface area contributed by atoms with Crippen LogP contribution in [-0.4, -0.2) is 67.9 Å². The monoisotopic (exact) mass is 764 g/mol. The Morgan fingerprint density at radius 2 is 1.66 bits per heavy atom. The average molecular weight is 766 g/mol. The Balaban J connectivity index is 1.64. The maximum Gasteiger partial charge on any atom is 0.333 e. The van der Waals surface area contributed by atoms with Gasteiger partial charge in [0.2, 0.25) is 23.5 Å². The van der Waals surface area contributed by atoms with Gasteiger partial charge in [-0.2, -0.15) is 0 Å². The molecule has 14 nitrogen and oxygen atoms in total. The fourth-order valence-corrected chi connectivity index (χ4v) is 6.47. The van der Waals surface area contributed by atoms with Crippen LogP contribution in [0.3, 0.4) is 0 Å². The van der Waals surface area contributed by atoms with Crippen molar-refractivity contribution in [2.75, 3.05) is 28.4 Å². The second-order valence-electron chi connectivity index (χ2n) is 11.9. The van der Waals surface area contributed by atoms with Crippen LogP contribution in [0.25, 0.3) is 0 Å². The largest absolute Gasteiger partial charge is 0.497 e. The van der Waals surface area contributed by atoms with E-state index in [0.29, 0.717) is 16.9 Å². The number of rotatable bonds is 8. The summed E-state index contributed by atoms with van der Waals surface area (Å²) in [5, 5.41) is 17.8. The van der Waals surface area contributed by atoms with Crippen LogP contribution >= 0.6 is 23.2 Å². The van der Waals surface area contributed by atoms with Crippen molar-refractivity contribution in [2.24, 2.45) is 0 Å². The number of amides is 3. The molecular formula is C37H34Cl2N4O10. The van der Waals surface area contributed by atoms with Crippen molar-refractivity contribution in [3.05, 3.63) is 121 Å². The lowest BCUT2D eigenvalue weighted by molar-refractivity contribution is -0.385. The third-order valence-corrected chi connectivity index (χ3v) is 9.10. The molecule has 0 fully saturated rings. The lowest BCUT2D eigenvalue weighted by atomic mass is 9.99. The number of nitrogens with one attached hydrogen (secondary N) is 2. The van der Waals surface area contributed by atoms with Crippen molar-refractivity contribution in [1.29, 1.82) is 0 Å². The molecule has 2 heterocycles. The van der Waals surface area contributed by atoms with Gasteiger partial charge >= 0.3 is 11.7 Å². The number of carbonyl (C=O) groups excluding carboxylic acids is 4. The summed E-state index contributed by atoms with van der Waals surface area (Å²) in [5.41, 5.74) is 0.869. The number of hydrogen-bond donors (Lipinski definition) is 2. The Morgan fingerprint density at radius 1 is 0.962 bits per heavy atom. The molecular weight excluding hydrogens is 731 g/mol. The number of benzene rings is 4. The highest BCUT2D eigenvalue weighted by Gasteiger charge is 2.36. The maximum atomic E-state index is 14.6. The molecule has 4 bridgehead atoms. The maximum absolute atomic E-state index is 14.6. The highest BCUT2D eigenvalue weighted by atomic mass is 35.5. The molecule has 4 aromatic carbocycles. The number of nitrogens with zero attached hydrogens (tertiary/aromatic N) is 2. The van der Waals surface area contributed by atoms with E-state index in [0.717, 1.165) is 12.0 Å². The zero-order valence-electron chi connectivity index (χ0n) is 28.9. The Kier molecular flexibility index (Phi) is 12.1. The second-order valence-corrected chi connectivity index (χ2v) is 12.7. The Bertz CT molecular complexity index is 2040. The van der Waals surface area contributed by atoms with Crippen molar-refractivity contribution in [1.82, 2.24) is 15.5 Å². The molecule has 4 aromatic rings. The third-order valence-electron chi connectivity index (χ3n) is 8.54. The minimum absolute atomic E-state index is 0.0544. The average Bonchev–Trinajstić information content (AvgIpc) is 3.14. The van der Waals surface area contributed by atoms with Gasteiger partial charge in [0.05, 0.1) is 42.7 Å². The first-order valence-corrected chi connectivity index (χ1v) is 16.7. The molecule has 276 valence electrons. The normalized spacial score (nSPS) is 16.5. The van der Waals surface area contributed by atoms with Gasteiger partial charge in [-0.05, 0) is 64.7 Å². The van der Waals surface area contributed by atoms with E-state index in [1.807, 2.05) is 0 Å². The van der Waals surface area contributed by atoms with Crippen LogP contribution < -0.4 is 24.8 Å². The van der Waals surface area contributed by atoms with Crippen LogP contribution in [0.5, 0.6) is 23.0 Å². The van der Waals surface area contributed by atoms with Crippen LogP contribution in [0.4, 0.5) is 5.69 Å². The summed E-state index contributed by atoms with van der Waals surface area (Å²) in [6.07, 6.45) is -0.498. The van der Waals surface area contributed by atoms with E-state index in [4.69, 9.17) is 42.1 Å². The van der Waals surface area contributed by atoms with Crippen LogP contribution in [0, 0.1) is 10.1 Å². The van der Waals surface area contributed by atoms with Gasteiger partial charge in [-0.25, -0.2) is 4.79 Å². The quantitative estimate of drug-likeness (QED) is 0.132. The van der Waals surface area contributed by atoms with E-state index in [1.54, 1.807) is 48.5 Å². The summed E-state index contributed by atoms with van der Waals surface area (Å²) >= 11 is 12.9. The van der Waals surface area contributed by atoms with Gasteiger partial charge in [0.1, 0.15) is 23.6 Å². The van der Waals surface area contributed by atoms with Gasteiger partial charge in [-0.15, -0.1) is 0 Å². The number of likely N-dealkylation sites (N-methyl/N-ethyl adjacent to an activating group) is 1. The molecule has 2 aliphatic rings. The topological polar surface area (TPSA) is 176 Å². The van der Waals surface area contributed by atoms with Gasteiger partial charge in [-0.3, -0.25) is 24.5 Å². The number of nitro groups is 1. The molecule has 0 unspecified atom stereocenters. The molecule has 16 heteroatoms. The summed E-state index contributed by atoms with van der Waals surface area (Å²) in [4.78, 5) is 68.2. The van der Waals surface area contributed by atoms with Gasteiger partial charge < -0.3 is 34.5 Å². The Hall–Kier alpha value is -5.86. The molecule has 2 N–H and O–H groups in total. The van der Waals surface area contributed by atoms with Crippen LogP contribution in [0.2, 0.25) is 10.0 Å². The van der Waals surface area contributed by atoms with Crippen molar-refractivity contribution in [3.8, 4) is 23.0 Å². The minimum atomic E-state index is -1.44. The van der Waals surface area contributed by atoms with Crippen LogP contribution in [0.15, 0.2) is 78.9 Å². The predicted molar refractivity (Wildman–Crippen MR) is 193 cm³/mol. The molecule has 0 spiro atoms. The highest BCUT2D eigenvalue weighted by molar-refractivity contribution is 6.37. The summed E-state index contributed by atoms with van der Waals surface area (Å²) < 4.78 is 21.4.